The maximum Gasteiger partial charge on any atom is 0.193 e. The van der Waals surface area contributed by atoms with Crippen LogP contribution in [0.1, 0.15) is 62.3 Å². The van der Waals surface area contributed by atoms with Crippen LogP contribution in [0, 0.1) is 0 Å². The molecule has 0 amide bonds. The molecule has 1 heterocycles. The van der Waals surface area contributed by atoms with Crippen molar-refractivity contribution in [3.05, 3.63) is 36.5 Å². The molecule has 0 unspecified atom stereocenters. The molecule has 7 heteroatoms. The van der Waals surface area contributed by atoms with Gasteiger partial charge in [-0.1, -0.05) is 65.8 Å². The number of rotatable bonds is 10. The highest BCUT2D eigenvalue weighted by Crippen LogP contribution is 2.38. The summed E-state index contributed by atoms with van der Waals surface area (Å²) < 4.78 is 24.7. The molecule has 1 aliphatic heterocycles. The summed E-state index contributed by atoms with van der Waals surface area (Å²) in [6, 6.07) is 0. The molecule has 0 N–H and O–H groups in total. The molecule has 1 fully saturated rings. The minimum atomic E-state index is -2.10. The maximum absolute atomic E-state index is 13.1. The second-order valence-corrected chi connectivity index (χ2v) is 22.2. The molecule has 0 bridgehead atoms. The van der Waals surface area contributed by atoms with Crippen LogP contribution in [-0.2, 0) is 23.1 Å². The van der Waals surface area contributed by atoms with Gasteiger partial charge in [-0.15, -0.1) is 0 Å². The van der Waals surface area contributed by atoms with Crippen molar-refractivity contribution in [2.75, 3.05) is 6.61 Å². The molecule has 0 aromatic rings. The van der Waals surface area contributed by atoms with E-state index in [1.54, 1.807) is 12.2 Å². The summed E-state index contributed by atoms with van der Waals surface area (Å²) in [4.78, 5) is 13.1. The van der Waals surface area contributed by atoms with E-state index in [9.17, 15) is 4.79 Å². The van der Waals surface area contributed by atoms with Crippen LogP contribution in [0.25, 0.3) is 0 Å². The molecule has 0 radical (unpaired) electrons. The molecule has 34 heavy (non-hydrogen) atoms. The Bertz CT molecular complexity index is 767. The molecule has 0 saturated carbocycles. The van der Waals surface area contributed by atoms with Gasteiger partial charge >= 0.3 is 0 Å². The largest absolute Gasteiger partial charge is 0.413 e. The van der Waals surface area contributed by atoms with Crippen LogP contribution in [0.15, 0.2) is 36.5 Å². The summed E-state index contributed by atoms with van der Waals surface area (Å²) in [5.74, 6) is -0.812. The highest BCUT2D eigenvalue weighted by molar-refractivity contribution is 6.74. The van der Waals surface area contributed by atoms with Gasteiger partial charge < -0.3 is 18.3 Å². The topological polar surface area (TPSA) is 54.0 Å². The van der Waals surface area contributed by atoms with Crippen molar-refractivity contribution in [3.8, 4) is 0 Å². The van der Waals surface area contributed by atoms with Crippen LogP contribution in [-0.4, -0.2) is 53.1 Å². The van der Waals surface area contributed by atoms with Crippen molar-refractivity contribution in [2.24, 2.45) is 0 Å². The van der Waals surface area contributed by atoms with E-state index in [-0.39, 0.29) is 28.1 Å². The Kier molecular flexibility index (Phi) is 10.5. The predicted molar refractivity (Wildman–Crippen MR) is 147 cm³/mol. The van der Waals surface area contributed by atoms with E-state index < -0.39 is 28.5 Å². The SMILES string of the molecule is C/C=C/[C@@H](O[Si](C)(C)C(C)(C)C)C(=O)/C=C/[C@@H]1OC(C)(C)O[C@H]1/C=C/CO[Si](C)(C)C(C)(C)C. The van der Waals surface area contributed by atoms with Gasteiger partial charge in [0.15, 0.2) is 28.2 Å². The first-order valence-corrected chi connectivity index (χ1v) is 18.2. The van der Waals surface area contributed by atoms with Gasteiger partial charge in [0.1, 0.15) is 18.3 Å². The number of ketones is 1. The molecule has 0 aromatic heterocycles. The van der Waals surface area contributed by atoms with Crippen molar-refractivity contribution in [2.45, 2.75) is 123 Å². The Morgan fingerprint density at radius 3 is 1.91 bits per heavy atom. The van der Waals surface area contributed by atoms with Crippen molar-refractivity contribution >= 4 is 22.4 Å². The lowest BCUT2D eigenvalue weighted by molar-refractivity contribution is -0.139. The molecule has 1 rings (SSSR count). The van der Waals surface area contributed by atoms with Gasteiger partial charge in [0.05, 0.1) is 6.61 Å². The van der Waals surface area contributed by atoms with Crippen LogP contribution >= 0.6 is 0 Å². The van der Waals surface area contributed by atoms with E-state index in [0.717, 1.165) is 0 Å². The molecular weight excluding hydrogens is 460 g/mol. The third-order valence-electron chi connectivity index (χ3n) is 7.16. The normalized spacial score (nSPS) is 23.4. The minimum absolute atomic E-state index is 0.0195. The summed E-state index contributed by atoms with van der Waals surface area (Å²) in [6.45, 7) is 28.2. The Morgan fingerprint density at radius 1 is 0.941 bits per heavy atom. The summed E-state index contributed by atoms with van der Waals surface area (Å²) in [5.41, 5.74) is 0. The fraction of sp³-hybridized carbons (Fsp3) is 0.741. The molecule has 196 valence electrons. The van der Waals surface area contributed by atoms with Crippen molar-refractivity contribution in [3.63, 3.8) is 0 Å². The van der Waals surface area contributed by atoms with Crippen LogP contribution in [0.3, 0.4) is 0 Å². The molecule has 3 atom stereocenters. The average Bonchev–Trinajstić information content (AvgIpc) is 2.94. The molecule has 5 nitrogen and oxygen atoms in total. The smallest absolute Gasteiger partial charge is 0.193 e. The minimum Gasteiger partial charge on any atom is -0.413 e. The Balaban J connectivity index is 2.92. The number of carbonyl (C=O) groups excluding carboxylic acids is 1. The van der Waals surface area contributed by atoms with E-state index in [1.807, 2.05) is 45.1 Å². The van der Waals surface area contributed by atoms with E-state index >= 15 is 0 Å². The number of carbonyl (C=O) groups is 1. The van der Waals surface area contributed by atoms with Crippen molar-refractivity contribution < 1.29 is 23.1 Å². The van der Waals surface area contributed by atoms with Gasteiger partial charge in [0.25, 0.3) is 0 Å². The molecule has 0 spiro atoms. The zero-order chi connectivity index (χ0) is 26.6. The fourth-order valence-corrected chi connectivity index (χ4v) is 5.05. The number of hydrogen-bond donors (Lipinski definition) is 0. The van der Waals surface area contributed by atoms with E-state index in [4.69, 9.17) is 18.3 Å². The highest BCUT2D eigenvalue weighted by atomic mass is 28.4. The summed E-state index contributed by atoms with van der Waals surface area (Å²) in [7, 11) is -3.91. The summed E-state index contributed by atoms with van der Waals surface area (Å²) in [6.07, 6.45) is 9.83. The lowest BCUT2D eigenvalue weighted by atomic mass is 10.1. The zero-order valence-electron chi connectivity index (χ0n) is 23.9. The molecule has 0 aliphatic carbocycles. The molecule has 0 aromatic carbocycles. The zero-order valence-corrected chi connectivity index (χ0v) is 25.9. The lowest BCUT2D eigenvalue weighted by Gasteiger charge is -2.38. The Morgan fingerprint density at radius 2 is 1.44 bits per heavy atom. The van der Waals surface area contributed by atoms with Gasteiger partial charge in [-0.25, -0.2) is 0 Å². The molecular formula is C27H50O5Si2. The van der Waals surface area contributed by atoms with Crippen LogP contribution in [0.4, 0.5) is 0 Å². The third kappa shape index (κ3) is 8.99. The first-order valence-electron chi connectivity index (χ1n) is 12.4. The van der Waals surface area contributed by atoms with E-state index in [2.05, 4.69) is 67.7 Å². The maximum atomic E-state index is 13.1. The van der Waals surface area contributed by atoms with Crippen molar-refractivity contribution in [1.82, 2.24) is 0 Å². The van der Waals surface area contributed by atoms with Crippen molar-refractivity contribution in [1.29, 1.82) is 0 Å². The number of ether oxygens (including phenoxy) is 2. The first kappa shape index (κ1) is 31.2. The van der Waals surface area contributed by atoms with Gasteiger partial charge in [-0.2, -0.15) is 0 Å². The van der Waals surface area contributed by atoms with E-state index in [0.29, 0.717) is 6.61 Å². The summed E-state index contributed by atoms with van der Waals surface area (Å²) >= 11 is 0. The Hall–Kier alpha value is -0.836. The fourth-order valence-electron chi connectivity index (χ4n) is 2.92. The quantitative estimate of drug-likeness (QED) is 0.177. The van der Waals surface area contributed by atoms with Gasteiger partial charge in [0, 0.05) is 0 Å². The average molecular weight is 511 g/mol. The van der Waals surface area contributed by atoms with Gasteiger partial charge in [0.2, 0.25) is 0 Å². The second-order valence-electron chi connectivity index (χ2n) is 12.7. The van der Waals surface area contributed by atoms with Crippen LogP contribution in [0.2, 0.25) is 36.3 Å². The summed E-state index contributed by atoms with van der Waals surface area (Å²) in [5, 5.41) is 0.184. The van der Waals surface area contributed by atoms with Crippen LogP contribution in [0.5, 0.6) is 0 Å². The van der Waals surface area contributed by atoms with Gasteiger partial charge in [-0.3, -0.25) is 4.79 Å². The van der Waals surface area contributed by atoms with Crippen LogP contribution < -0.4 is 0 Å². The highest BCUT2D eigenvalue weighted by Gasteiger charge is 2.41. The third-order valence-corrected chi connectivity index (χ3v) is 16.1. The Labute approximate surface area is 211 Å². The second kappa shape index (κ2) is 11.5. The number of hydrogen-bond acceptors (Lipinski definition) is 5. The first-order chi connectivity index (χ1) is 15.2. The van der Waals surface area contributed by atoms with E-state index in [1.165, 1.54) is 0 Å². The molecule has 1 saturated heterocycles. The number of allylic oxidation sites excluding steroid dienone is 1. The molecule has 1 aliphatic rings. The standard InChI is InChI=1S/C27H50O5Si2/c1-14-16-22(32-34(12,13)26(5,6)7)21(28)18-19-24-23(30-27(8,9)31-24)17-15-20-29-33(10,11)25(2,3)4/h14-19,22-24H,20H2,1-13H3/b16-14+,17-15+,19-18+/t22-,23+,24+/m1/s1. The monoisotopic (exact) mass is 510 g/mol. The predicted octanol–water partition coefficient (Wildman–Crippen LogP) is 7.18. The lowest BCUT2D eigenvalue weighted by Crippen LogP contribution is -2.45. The van der Waals surface area contributed by atoms with Gasteiger partial charge in [-0.05, 0) is 69.2 Å².